The molecule has 0 saturated heterocycles. The van der Waals surface area contributed by atoms with Crippen molar-refractivity contribution in [3.05, 3.63) is 146 Å². The molecule has 0 heterocycles. The molecule has 19 heteroatoms. The van der Waals surface area contributed by atoms with Crippen LogP contribution in [0.25, 0.3) is 0 Å². The molecule has 106 heavy (non-hydrogen) atoms. The van der Waals surface area contributed by atoms with Crippen molar-refractivity contribution in [2.75, 3.05) is 39.6 Å². The van der Waals surface area contributed by atoms with Crippen molar-refractivity contribution in [1.82, 2.24) is 0 Å². The number of aliphatic hydroxyl groups excluding tert-OH is 1. The van der Waals surface area contributed by atoms with Gasteiger partial charge in [-0.1, -0.05) is 283 Å². The second-order valence-electron chi connectivity index (χ2n) is 26.9. The number of phosphoric ester groups is 2. The zero-order valence-electron chi connectivity index (χ0n) is 66.3. The maximum atomic E-state index is 13.1. The number of ether oxygens (including phenoxy) is 4. The standard InChI is InChI=1S/C87H146O17P2/c1-5-9-13-17-21-25-29-32-35-38-40-43-46-49-53-56-60-64-68-72-85(90)98-78-83(104-87(92)74-70-66-62-58-54-50-47-44-41-39-36-33-30-26-22-18-14-10-6-2)80-102-106(95,96)100-76-81(88)75-99-105(93,94)101-79-82(103-86(91)73-69-65-61-57-51-28-24-20-16-12-8-4)77-97-84(89)71-67-63-59-55-52-48-45-42-37-34-31-27-23-19-15-11-7-3/h9,11,13,15,20-27,32-37,40-41,43-45,48,81-83,88H,5-8,10,12,14,16-19,28-31,38-39,42,46-47,49-80H2,1-4H3,(H,93,94)(H,95,96)/b13-9-,15-11-,24-20-,25-21-,26-22-,27-23-,35-32-,36-33-,37-34-,43-40-,44-41-,48-45-. The van der Waals surface area contributed by atoms with Gasteiger partial charge in [-0.3, -0.25) is 37.3 Å². The van der Waals surface area contributed by atoms with Gasteiger partial charge in [0.1, 0.15) is 19.3 Å². The predicted octanol–water partition coefficient (Wildman–Crippen LogP) is 24.2. The maximum absolute atomic E-state index is 13.1. The van der Waals surface area contributed by atoms with E-state index < -0.39 is 97.5 Å². The average molecular weight is 1530 g/mol. The number of carbonyl (C=O) groups excluding carboxylic acids is 4. The molecule has 5 unspecified atom stereocenters. The Balaban J connectivity index is 5.39. The van der Waals surface area contributed by atoms with Crippen LogP contribution in [0.15, 0.2) is 146 Å². The van der Waals surface area contributed by atoms with Crippen LogP contribution in [0.4, 0.5) is 0 Å². The number of esters is 4. The lowest BCUT2D eigenvalue weighted by Crippen LogP contribution is -2.30. The molecule has 17 nitrogen and oxygen atoms in total. The summed E-state index contributed by atoms with van der Waals surface area (Å²) in [4.78, 5) is 73.1. The lowest BCUT2D eigenvalue weighted by molar-refractivity contribution is -0.161. The van der Waals surface area contributed by atoms with Gasteiger partial charge in [-0.05, 0) is 161 Å². The van der Waals surface area contributed by atoms with Gasteiger partial charge >= 0.3 is 39.5 Å². The zero-order chi connectivity index (χ0) is 77.4. The molecule has 0 aromatic rings. The summed E-state index contributed by atoms with van der Waals surface area (Å²) in [6, 6.07) is 0. The first kappa shape index (κ1) is 101. The fourth-order valence-electron chi connectivity index (χ4n) is 10.5. The summed E-state index contributed by atoms with van der Waals surface area (Å²) in [6.07, 6.45) is 89.6. The van der Waals surface area contributed by atoms with E-state index in [-0.39, 0.29) is 25.7 Å². The van der Waals surface area contributed by atoms with Crippen LogP contribution in [0.1, 0.15) is 323 Å². The lowest BCUT2D eigenvalue weighted by Gasteiger charge is -2.21. The number of rotatable bonds is 76. The summed E-state index contributed by atoms with van der Waals surface area (Å²) in [5, 5.41) is 10.7. The fourth-order valence-corrected chi connectivity index (χ4v) is 12.1. The second kappa shape index (κ2) is 78.1. The zero-order valence-corrected chi connectivity index (χ0v) is 68.1. The molecule has 0 aliphatic heterocycles. The Morgan fingerprint density at radius 1 is 0.274 bits per heavy atom. The van der Waals surface area contributed by atoms with Gasteiger partial charge in [0, 0.05) is 25.7 Å². The molecule has 606 valence electrons. The minimum absolute atomic E-state index is 0.0727. The van der Waals surface area contributed by atoms with Gasteiger partial charge in [-0.25, -0.2) is 9.13 Å². The van der Waals surface area contributed by atoms with Gasteiger partial charge < -0.3 is 33.8 Å². The van der Waals surface area contributed by atoms with Crippen LogP contribution < -0.4 is 0 Å². The van der Waals surface area contributed by atoms with Crippen LogP contribution >= 0.6 is 15.6 Å². The van der Waals surface area contributed by atoms with Gasteiger partial charge in [0.05, 0.1) is 26.4 Å². The molecule has 5 atom stereocenters. The van der Waals surface area contributed by atoms with E-state index in [1.165, 1.54) is 32.1 Å². The van der Waals surface area contributed by atoms with E-state index in [0.29, 0.717) is 25.7 Å². The molecule has 0 amide bonds. The third-order valence-corrected chi connectivity index (χ3v) is 18.7. The van der Waals surface area contributed by atoms with Crippen LogP contribution in [-0.2, 0) is 65.4 Å². The molecule has 0 fully saturated rings. The van der Waals surface area contributed by atoms with E-state index in [1.807, 2.05) is 0 Å². The quantitative estimate of drug-likeness (QED) is 0.0169. The molecular formula is C87H146O17P2. The summed E-state index contributed by atoms with van der Waals surface area (Å²) in [5.41, 5.74) is 0. The highest BCUT2D eigenvalue weighted by Crippen LogP contribution is 2.45. The Hall–Kier alpha value is -5.06. The van der Waals surface area contributed by atoms with Crippen molar-refractivity contribution >= 4 is 39.5 Å². The predicted molar refractivity (Wildman–Crippen MR) is 436 cm³/mol. The van der Waals surface area contributed by atoms with E-state index in [4.69, 9.17) is 37.0 Å². The summed E-state index contributed by atoms with van der Waals surface area (Å²) < 4.78 is 68.6. The molecule has 0 aromatic carbocycles. The third kappa shape index (κ3) is 77.1. The molecule has 0 aliphatic rings. The van der Waals surface area contributed by atoms with Crippen molar-refractivity contribution in [3.63, 3.8) is 0 Å². The summed E-state index contributed by atoms with van der Waals surface area (Å²) in [7, 11) is -9.98. The van der Waals surface area contributed by atoms with Crippen LogP contribution in [0.3, 0.4) is 0 Å². The smallest absolute Gasteiger partial charge is 0.462 e. The van der Waals surface area contributed by atoms with Gasteiger partial charge in [0.2, 0.25) is 0 Å². The first-order valence-electron chi connectivity index (χ1n) is 41.1. The second-order valence-corrected chi connectivity index (χ2v) is 29.8. The first-order valence-corrected chi connectivity index (χ1v) is 44.1. The lowest BCUT2D eigenvalue weighted by atomic mass is 10.1. The maximum Gasteiger partial charge on any atom is 0.472 e. The molecule has 3 N–H and O–H groups in total. The topological polar surface area (TPSA) is 237 Å². The molecule has 0 aromatic heterocycles. The van der Waals surface area contributed by atoms with Crippen molar-refractivity contribution in [3.8, 4) is 0 Å². The fraction of sp³-hybridized carbons (Fsp3) is 0.678. The number of carbonyl (C=O) groups is 4. The number of allylic oxidation sites excluding steroid dienone is 24. The summed E-state index contributed by atoms with van der Waals surface area (Å²) >= 11 is 0. The van der Waals surface area contributed by atoms with E-state index >= 15 is 0 Å². The Bertz CT molecular complexity index is 2580. The number of phosphoric acid groups is 2. The van der Waals surface area contributed by atoms with E-state index in [0.717, 1.165) is 212 Å². The molecule has 0 spiro atoms. The molecule has 0 aliphatic carbocycles. The third-order valence-electron chi connectivity index (χ3n) is 16.8. The van der Waals surface area contributed by atoms with E-state index in [1.54, 1.807) is 0 Å². The van der Waals surface area contributed by atoms with Crippen LogP contribution in [0.5, 0.6) is 0 Å². The molecule has 0 radical (unpaired) electrons. The Kier molecular flexibility index (Phi) is 74.3. The molecule has 0 rings (SSSR count). The number of hydrogen-bond acceptors (Lipinski definition) is 15. The van der Waals surface area contributed by atoms with Gasteiger partial charge in [0.15, 0.2) is 12.2 Å². The van der Waals surface area contributed by atoms with Crippen LogP contribution in [0, 0.1) is 0 Å². The highest BCUT2D eigenvalue weighted by molar-refractivity contribution is 7.47. The first-order chi connectivity index (χ1) is 51.7. The van der Waals surface area contributed by atoms with Crippen molar-refractivity contribution in [2.45, 2.75) is 341 Å². The Morgan fingerprint density at radius 3 is 0.792 bits per heavy atom. The average Bonchev–Trinajstić information content (AvgIpc) is 0.901. The van der Waals surface area contributed by atoms with Gasteiger partial charge in [0.25, 0.3) is 0 Å². The molecule has 0 saturated carbocycles. The van der Waals surface area contributed by atoms with Gasteiger partial charge in [-0.2, -0.15) is 0 Å². The number of hydrogen-bond donors (Lipinski definition) is 3. The summed E-state index contributed by atoms with van der Waals surface area (Å²) in [6.45, 7) is 4.53. The monoisotopic (exact) mass is 1530 g/mol. The Labute approximate surface area is 643 Å². The molecular weight excluding hydrogens is 1380 g/mol. The SMILES string of the molecule is CC/C=C\C/C=C\C/C=C\C/C=C\CCCCCCCCC(=O)OCC(COP(=O)(O)OCC(O)COP(=O)(O)OCC(COC(=O)CCCCCC/C=C\C/C=C\C/C=C\C/C=C\CC)OC(=O)CCCCCCC/C=C\CCCC)OC(=O)CCCCCCCC/C=C\C/C=C\C/C=C\CCCCC. The van der Waals surface area contributed by atoms with E-state index in [9.17, 15) is 43.2 Å². The van der Waals surface area contributed by atoms with Crippen molar-refractivity contribution in [1.29, 1.82) is 0 Å². The van der Waals surface area contributed by atoms with Crippen LogP contribution in [-0.4, -0.2) is 96.7 Å². The van der Waals surface area contributed by atoms with Crippen molar-refractivity contribution in [2.24, 2.45) is 0 Å². The Morgan fingerprint density at radius 2 is 0.500 bits per heavy atom. The number of unbranched alkanes of at least 4 members (excludes halogenated alkanes) is 26. The highest BCUT2D eigenvalue weighted by Gasteiger charge is 2.30. The minimum Gasteiger partial charge on any atom is -0.462 e. The van der Waals surface area contributed by atoms with Crippen LogP contribution in [0.2, 0.25) is 0 Å². The minimum atomic E-state index is -4.99. The largest absolute Gasteiger partial charge is 0.472 e. The highest BCUT2D eigenvalue weighted by atomic mass is 31.2. The van der Waals surface area contributed by atoms with E-state index in [2.05, 4.69) is 174 Å². The number of aliphatic hydroxyl groups is 1. The van der Waals surface area contributed by atoms with Crippen molar-refractivity contribution < 1.29 is 80.2 Å². The molecule has 0 bridgehead atoms. The van der Waals surface area contributed by atoms with Gasteiger partial charge in [-0.15, -0.1) is 0 Å². The summed E-state index contributed by atoms with van der Waals surface area (Å²) in [5.74, 6) is -2.24. The normalized spacial score (nSPS) is 14.6.